The first-order chi connectivity index (χ1) is 6.31. The molecule has 13 heavy (non-hydrogen) atoms. The lowest BCUT2D eigenvalue weighted by Crippen LogP contribution is -2.11. The van der Waals surface area contributed by atoms with Gasteiger partial charge in [0.05, 0.1) is 0 Å². The average molecular weight is 175 g/mol. The van der Waals surface area contributed by atoms with Gasteiger partial charge in [0.15, 0.2) is 0 Å². The Morgan fingerprint density at radius 2 is 2.38 bits per heavy atom. The second kappa shape index (κ2) is 3.29. The zero-order chi connectivity index (χ0) is 9.26. The highest BCUT2D eigenvalue weighted by atomic mass is 16.3. The van der Waals surface area contributed by atoms with Gasteiger partial charge in [0.1, 0.15) is 5.70 Å². The van der Waals surface area contributed by atoms with Crippen molar-refractivity contribution >= 4 is 0 Å². The van der Waals surface area contributed by atoms with Gasteiger partial charge in [-0.05, 0) is 54.5 Å². The molecule has 2 aliphatic rings. The molecular weight excluding hydrogens is 162 g/mol. The quantitative estimate of drug-likeness (QED) is 0.562. The number of hydrogen-bond donors (Lipinski definition) is 0. The van der Waals surface area contributed by atoms with Crippen molar-refractivity contribution in [3.63, 3.8) is 0 Å². The van der Waals surface area contributed by atoms with Gasteiger partial charge in [-0.15, -0.1) is 4.91 Å². The van der Waals surface area contributed by atoms with E-state index in [4.69, 9.17) is 0 Å². The molecule has 1 atom stereocenters. The smallest absolute Gasteiger partial charge is 0.107 e. The van der Waals surface area contributed by atoms with Crippen LogP contribution in [0.1, 0.15) is 26.2 Å². The van der Waals surface area contributed by atoms with E-state index in [1.807, 2.05) is 13.0 Å². The molecule has 0 fully saturated rings. The molecule has 2 rings (SSSR count). The van der Waals surface area contributed by atoms with Crippen LogP contribution in [0.5, 0.6) is 0 Å². The summed E-state index contributed by atoms with van der Waals surface area (Å²) in [6.07, 6.45) is 9.63. The molecule has 2 aliphatic carbocycles. The Morgan fingerprint density at radius 3 is 3.15 bits per heavy atom. The highest BCUT2D eigenvalue weighted by Gasteiger charge is 2.21. The van der Waals surface area contributed by atoms with Gasteiger partial charge in [0, 0.05) is 0 Å². The molecule has 0 saturated carbocycles. The third-order valence-electron chi connectivity index (χ3n) is 2.86. The summed E-state index contributed by atoms with van der Waals surface area (Å²) < 4.78 is 0. The highest BCUT2D eigenvalue weighted by molar-refractivity contribution is 5.39. The summed E-state index contributed by atoms with van der Waals surface area (Å²) in [5.74, 6) is 0.635. The number of fused-ring (bicyclic) bond motifs is 1. The van der Waals surface area contributed by atoms with Gasteiger partial charge >= 0.3 is 0 Å². The van der Waals surface area contributed by atoms with E-state index >= 15 is 0 Å². The van der Waals surface area contributed by atoms with Crippen LogP contribution in [-0.4, -0.2) is 0 Å². The molecule has 0 bridgehead atoms. The van der Waals surface area contributed by atoms with Crippen LogP contribution in [0.25, 0.3) is 0 Å². The molecule has 0 aliphatic heterocycles. The molecule has 0 aromatic rings. The zero-order valence-electron chi connectivity index (χ0n) is 7.79. The number of rotatable bonds is 1. The Balaban J connectivity index is 2.36. The summed E-state index contributed by atoms with van der Waals surface area (Å²) in [6.45, 7) is 2.00. The van der Waals surface area contributed by atoms with Gasteiger partial charge in [-0.1, -0.05) is 12.2 Å². The second-order valence-electron chi connectivity index (χ2n) is 3.78. The lowest BCUT2D eigenvalue weighted by Gasteiger charge is -2.25. The highest BCUT2D eigenvalue weighted by Crippen LogP contribution is 2.35. The molecule has 0 spiro atoms. The molecule has 0 heterocycles. The lowest BCUT2D eigenvalue weighted by atomic mass is 9.80. The van der Waals surface area contributed by atoms with E-state index in [1.165, 1.54) is 18.4 Å². The minimum Gasteiger partial charge on any atom is -0.145 e. The fraction of sp³-hybridized carbons (Fsp3) is 0.455. The monoisotopic (exact) mass is 175 g/mol. The van der Waals surface area contributed by atoms with Gasteiger partial charge in [0.2, 0.25) is 0 Å². The minimum atomic E-state index is 0.635. The summed E-state index contributed by atoms with van der Waals surface area (Å²) in [5, 5.41) is 3.04. The first-order valence-electron chi connectivity index (χ1n) is 4.72. The molecule has 0 radical (unpaired) electrons. The number of nitrogens with zero attached hydrogens (tertiary/aromatic N) is 1. The predicted octanol–water partition coefficient (Wildman–Crippen LogP) is 3.32. The first-order valence-corrected chi connectivity index (χ1v) is 4.72. The van der Waals surface area contributed by atoms with Crippen molar-refractivity contribution < 1.29 is 0 Å². The molecule has 0 saturated heterocycles. The van der Waals surface area contributed by atoms with E-state index in [-0.39, 0.29) is 0 Å². The van der Waals surface area contributed by atoms with E-state index < -0.39 is 0 Å². The Bertz CT molecular complexity index is 323. The number of allylic oxidation sites excluding steroid dienone is 5. The summed E-state index contributed by atoms with van der Waals surface area (Å²) in [7, 11) is 0. The van der Waals surface area contributed by atoms with Crippen LogP contribution in [0.4, 0.5) is 0 Å². The van der Waals surface area contributed by atoms with Gasteiger partial charge < -0.3 is 0 Å². The van der Waals surface area contributed by atoms with Crippen molar-refractivity contribution in [1.82, 2.24) is 0 Å². The molecular formula is C11H13NO. The first kappa shape index (κ1) is 8.42. The summed E-state index contributed by atoms with van der Waals surface area (Å²) in [6, 6.07) is 0. The predicted molar refractivity (Wildman–Crippen MR) is 53.1 cm³/mol. The summed E-state index contributed by atoms with van der Waals surface area (Å²) in [5.41, 5.74) is 3.06. The summed E-state index contributed by atoms with van der Waals surface area (Å²) >= 11 is 0. The number of nitroso groups, excluding NO2 is 1. The fourth-order valence-electron chi connectivity index (χ4n) is 2.06. The Morgan fingerprint density at radius 1 is 1.54 bits per heavy atom. The molecule has 68 valence electrons. The Labute approximate surface area is 78.0 Å². The van der Waals surface area contributed by atoms with Crippen LogP contribution < -0.4 is 0 Å². The topological polar surface area (TPSA) is 29.4 Å². The number of hydrogen-bond acceptors (Lipinski definition) is 2. The second-order valence-corrected chi connectivity index (χ2v) is 3.78. The van der Waals surface area contributed by atoms with Gasteiger partial charge in [-0.25, -0.2) is 0 Å². The van der Waals surface area contributed by atoms with Crippen LogP contribution >= 0.6 is 0 Å². The van der Waals surface area contributed by atoms with Crippen molar-refractivity contribution in [2.24, 2.45) is 11.1 Å². The molecule has 0 amide bonds. The maximum atomic E-state index is 10.5. The average Bonchev–Trinajstić information content (AvgIpc) is 2.17. The van der Waals surface area contributed by atoms with Crippen LogP contribution in [0.15, 0.2) is 40.2 Å². The standard InChI is InChI=1S/C11H13NO/c1-8-6-9-4-2-3-5-10(9)7-11(8)12-13/h3,5,7,9H,2,4,6H2,1H3. The van der Waals surface area contributed by atoms with Gasteiger partial charge in [0.25, 0.3) is 0 Å². The fourth-order valence-corrected chi connectivity index (χ4v) is 2.06. The SMILES string of the molecule is CC1=C(N=O)C=C2C=CCCC2C1. The maximum absolute atomic E-state index is 10.5. The van der Waals surface area contributed by atoms with Crippen molar-refractivity contribution in [2.75, 3.05) is 0 Å². The largest absolute Gasteiger partial charge is 0.145 e. The molecule has 0 aromatic heterocycles. The molecule has 2 nitrogen and oxygen atoms in total. The Hall–Kier alpha value is -1.18. The van der Waals surface area contributed by atoms with E-state index in [9.17, 15) is 4.91 Å². The summed E-state index contributed by atoms with van der Waals surface area (Å²) in [4.78, 5) is 10.5. The third kappa shape index (κ3) is 1.48. The molecule has 2 heteroatoms. The van der Waals surface area contributed by atoms with Crippen LogP contribution in [-0.2, 0) is 0 Å². The van der Waals surface area contributed by atoms with E-state index in [0.29, 0.717) is 11.6 Å². The van der Waals surface area contributed by atoms with Crippen molar-refractivity contribution in [2.45, 2.75) is 26.2 Å². The maximum Gasteiger partial charge on any atom is 0.107 e. The third-order valence-corrected chi connectivity index (χ3v) is 2.86. The van der Waals surface area contributed by atoms with E-state index in [2.05, 4.69) is 17.3 Å². The zero-order valence-corrected chi connectivity index (χ0v) is 7.79. The minimum absolute atomic E-state index is 0.635. The normalized spacial score (nSPS) is 26.8. The van der Waals surface area contributed by atoms with Crippen molar-refractivity contribution in [3.05, 3.63) is 40.0 Å². The van der Waals surface area contributed by atoms with Crippen LogP contribution in [0.3, 0.4) is 0 Å². The van der Waals surface area contributed by atoms with Crippen molar-refractivity contribution in [1.29, 1.82) is 0 Å². The molecule has 0 N–H and O–H groups in total. The van der Waals surface area contributed by atoms with Gasteiger partial charge in [-0.2, -0.15) is 0 Å². The molecule has 0 aromatic carbocycles. The van der Waals surface area contributed by atoms with E-state index in [1.54, 1.807) is 0 Å². The van der Waals surface area contributed by atoms with Crippen LogP contribution in [0, 0.1) is 10.8 Å². The van der Waals surface area contributed by atoms with E-state index in [0.717, 1.165) is 12.0 Å². The Kier molecular flexibility index (Phi) is 2.13. The van der Waals surface area contributed by atoms with Gasteiger partial charge in [-0.3, -0.25) is 0 Å². The van der Waals surface area contributed by atoms with Crippen molar-refractivity contribution in [3.8, 4) is 0 Å². The van der Waals surface area contributed by atoms with Crippen LogP contribution in [0.2, 0.25) is 0 Å². The molecule has 1 unspecified atom stereocenters. The lowest BCUT2D eigenvalue weighted by molar-refractivity contribution is 0.547.